The topological polar surface area (TPSA) is 42.1 Å². The molecule has 0 radical (unpaired) electrons. The number of benzene rings is 1. The van der Waals surface area contributed by atoms with E-state index in [1.807, 2.05) is 0 Å². The first kappa shape index (κ1) is 12.4. The maximum Gasteiger partial charge on any atom is 0.355 e. The number of carbonyl (C=O) groups excluding carboxylic acids is 1. The Morgan fingerprint density at radius 1 is 1.33 bits per heavy atom. The molecule has 2 rings (SSSR count). The summed E-state index contributed by atoms with van der Waals surface area (Å²) in [6.45, 7) is 3.88. The molecule has 0 fully saturated rings. The molecule has 0 saturated carbocycles. The Kier molecular flexibility index (Phi) is 3.46. The molecule has 0 bridgehead atoms. The zero-order chi connectivity index (χ0) is 13.1. The van der Waals surface area contributed by atoms with Crippen molar-refractivity contribution in [2.75, 3.05) is 6.61 Å². The number of H-pyrrole nitrogens is 1. The Bertz CT molecular complexity index is 575. The van der Waals surface area contributed by atoms with Gasteiger partial charge in [-0.15, -0.1) is 0 Å². The summed E-state index contributed by atoms with van der Waals surface area (Å²) in [5, 5.41) is 0. The van der Waals surface area contributed by atoms with Crippen LogP contribution in [0.25, 0.3) is 11.1 Å². The molecule has 1 aromatic carbocycles. The van der Waals surface area contributed by atoms with Gasteiger partial charge in [-0.25, -0.2) is 9.18 Å². The highest BCUT2D eigenvalue weighted by Crippen LogP contribution is 2.27. The van der Waals surface area contributed by atoms with Crippen LogP contribution in [0.3, 0.4) is 0 Å². The average molecular weight is 247 g/mol. The number of aromatic nitrogens is 1. The number of aromatic amines is 1. The number of aryl methyl sites for hydroxylation is 1. The lowest BCUT2D eigenvalue weighted by molar-refractivity contribution is 0.0521. The molecule has 0 aliphatic carbocycles. The fourth-order valence-corrected chi connectivity index (χ4v) is 1.90. The van der Waals surface area contributed by atoms with Crippen molar-refractivity contribution in [1.82, 2.24) is 4.98 Å². The molecular weight excluding hydrogens is 233 g/mol. The fourth-order valence-electron chi connectivity index (χ4n) is 1.90. The van der Waals surface area contributed by atoms with Crippen LogP contribution in [0, 0.1) is 12.7 Å². The van der Waals surface area contributed by atoms with E-state index in [4.69, 9.17) is 4.74 Å². The van der Waals surface area contributed by atoms with Gasteiger partial charge in [0.25, 0.3) is 0 Å². The third-order valence-corrected chi connectivity index (χ3v) is 2.71. The van der Waals surface area contributed by atoms with Gasteiger partial charge in [-0.1, -0.05) is 6.07 Å². The summed E-state index contributed by atoms with van der Waals surface area (Å²) in [5.41, 5.74) is 2.72. The van der Waals surface area contributed by atoms with Gasteiger partial charge in [0.2, 0.25) is 0 Å². The number of hydrogen-bond acceptors (Lipinski definition) is 2. The SMILES string of the molecule is CCOC(=O)c1[nH]ccc1-c1ccc(F)cc1C. The zero-order valence-electron chi connectivity index (χ0n) is 10.3. The van der Waals surface area contributed by atoms with E-state index >= 15 is 0 Å². The van der Waals surface area contributed by atoms with Gasteiger partial charge in [0, 0.05) is 11.8 Å². The van der Waals surface area contributed by atoms with Crippen molar-refractivity contribution in [1.29, 1.82) is 0 Å². The van der Waals surface area contributed by atoms with E-state index in [2.05, 4.69) is 4.98 Å². The largest absolute Gasteiger partial charge is 0.461 e. The van der Waals surface area contributed by atoms with Crippen LogP contribution in [-0.4, -0.2) is 17.6 Å². The highest BCUT2D eigenvalue weighted by molar-refractivity contribution is 5.96. The molecule has 0 aliphatic heterocycles. The number of halogens is 1. The smallest absolute Gasteiger partial charge is 0.355 e. The fraction of sp³-hybridized carbons (Fsp3) is 0.214. The highest BCUT2D eigenvalue weighted by atomic mass is 19.1. The normalized spacial score (nSPS) is 10.4. The molecule has 0 atom stereocenters. The van der Waals surface area contributed by atoms with Crippen LogP contribution in [0.2, 0.25) is 0 Å². The van der Waals surface area contributed by atoms with Crippen LogP contribution in [0.15, 0.2) is 30.5 Å². The number of esters is 1. The first-order chi connectivity index (χ1) is 8.63. The van der Waals surface area contributed by atoms with Crippen molar-refractivity contribution in [3.05, 3.63) is 47.5 Å². The molecule has 0 aliphatic rings. The molecule has 3 nitrogen and oxygen atoms in total. The minimum absolute atomic E-state index is 0.288. The zero-order valence-corrected chi connectivity index (χ0v) is 10.3. The Morgan fingerprint density at radius 2 is 2.11 bits per heavy atom. The number of carbonyl (C=O) groups is 1. The van der Waals surface area contributed by atoms with Crippen LogP contribution >= 0.6 is 0 Å². The van der Waals surface area contributed by atoms with Crippen molar-refractivity contribution < 1.29 is 13.9 Å². The lowest BCUT2D eigenvalue weighted by Crippen LogP contribution is -2.06. The van der Waals surface area contributed by atoms with Crippen LogP contribution < -0.4 is 0 Å². The summed E-state index contributed by atoms with van der Waals surface area (Å²) >= 11 is 0. The standard InChI is InChI=1S/C14H14FNO2/c1-3-18-14(17)13-12(6-7-16-13)11-5-4-10(15)8-9(11)2/h4-8,16H,3H2,1-2H3. The molecule has 0 saturated heterocycles. The first-order valence-electron chi connectivity index (χ1n) is 5.74. The minimum atomic E-state index is -0.402. The van der Waals surface area contributed by atoms with Crippen molar-refractivity contribution >= 4 is 5.97 Å². The van der Waals surface area contributed by atoms with Gasteiger partial charge in [0.15, 0.2) is 0 Å². The minimum Gasteiger partial charge on any atom is -0.461 e. The van der Waals surface area contributed by atoms with Gasteiger partial charge in [0.05, 0.1) is 6.61 Å². The maximum atomic E-state index is 13.1. The molecule has 1 heterocycles. The third kappa shape index (κ3) is 2.27. The summed E-state index contributed by atoms with van der Waals surface area (Å²) in [5.74, 6) is -0.689. The quantitative estimate of drug-likeness (QED) is 0.845. The van der Waals surface area contributed by atoms with E-state index in [1.54, 1.807) is 32.2 Å². The van der Waals surface area contributed by atoms with Gasteiger partial charge in [0.1, 0.15) is 11.5 Å². The number of nitrogens with one attached hydrogen (secondary N) is 1. The van der Waals surface area contributed by atoms with Crippen LogP contribution in [0.5, 0.6) is 0 Å². The second-order valence-electron chi connectivity index (χ2n) is 3.95. The Hall–Kier alpha value is -2.10. The van der Waals surface area contributed by atoms with Crippen molar-refractivity contribution in [2.45, 2.75) is 13.8 Å². The van der Waals surface area contributed by atoms with Crippen molar-refractivity contribution in [2.24, 2.45) is 0 Å². The molecular formula is C14H14FNO2. The van der Waals surface area contributed by atoms with E-state index in [-0.39, 0.29) is 5.82 Å². The van der Waals surface area contributed by atoms with E-state index in [0.29, 0.717) is 12.3 Å². The third-order valence-electron chi connectivity index (χ3n) is 2.71. The van der Waals surface area contributed by atoms with E-state index in [9.17, 15) is 9.18 Å². The molecule has 0 spiro atoms. The van der Waals surface area contributed by atoms with Crippen LogP contribution in [-0.2, 0) is 4.74 Å². The highest BCUT2D eigenvalue weighted by Gasteiger charge is 2.16. The summed E-state index contributed by atoms with van der Waals surface area (Å²) < 4.78 is 18.0. The second kappa shape index (κ2) is 5.04. The maximum absolute atomic E-state index is 13.1. The predicted octanol–water partition coefficient (Wildman–Crippen LogP) is 3.31. The molecule has 2 aromatic rings. The summed E-state index contributed by atoms with van der Waals surface area (Å²) in [4.78, 5) is 14.6. The molecule has 18 heavy (non-hydrogen) atoms. The number of ether oxygens (including phenoxy) is 1. The Labute approximate surface area is 105 Å². The van der Waals surface area contributed by atoms with E-state index in [1.165, 1.54) is 12.1 Å². The predicted molar refractivity (Wildman–Crippen MR) is 66.9 cm³/mol. The molecule has 4 heteroatoms. The van der Waals surface area contributed by atoms with Gasteiger partial charge in [-0.3, -0.25) is 0 Å². The van der Waals surface area contributed by atoms with Gasteiger partial charge in [-0.2, -0.15) is 0 Å². The lowest BCUT2D eigenvalue weighted by Gasteiger charge is -2.07. The molecule has 94 valence electrons. The summed E-state index contributed by atoms with van der Waals surface area (Å²) in [6.07, 6.45) is 1.67. The summed E-state index contributed by atoms with van der Waals surface area (Å²) in [6, 6.07) is 6.27. The van der Waals surface area contributed by atoms with Crippen molar-refractivity contribution in [3.63, 3.8) is 0 Å². The van der Waals surface area contributed by atoms with Gasteiger partial charge in [-0.05, 0) is 43.2 Å². The first-order valence-corrected chi connectivity index (χ1v) is 5.74. The molecule has 0 amide bonds. The van der Waals surface area contributed by atoms with Crippen LogP contribution in [0.1, 0.15) is 23.0 Å². The van der Waals surface area contributed by atoms with Gasteiger partial charge >= 0.3 is 5.97 Å². The summed E-state index contributed by atoms with van der Waals surface area (Å²) in [7, 11) is 0. The number of hydrogen-bond donors (Lipinski definition) is 1. The Balaban J connectivity index is 2.45. The van der Waals surface area contributed by atoms with E-state index in [0.717, 1.165) is 16.7 Å². The molecule has 1 aromatic heterocycles. The number of rotatable bonds is 3. The molecule has 0 unspecified atom stereocenters. The average Bonchev–Trinajstić information content (AvgIpc) is 2.78. The monoisotopic (exact) mass is 247 g/mol. The van der Waals surface area contributed by atoms with Crippen molar-refractivity contribution in [3.8, 4) is 11.1 Å². The second-order valence-corrected chi connectivity index (χ2v) is 3.95. The van der Waals surface area contributed by atoms with Gasteiger partial charge < -0.3 is 9.72 Å². The molecule has 1 N–H and O–H groups in total. The Morgan fingerprint density at radius 3 is 2.78 bits per heavy atom. The van der Waals surface area contributed by atoms with E-state index < -0.39 is 5.97 Å². The lowest BCUT2D eigenvalue weighted by atomic mass is 10.0. The van der Waals surface area contributed by atoms with Crippen LogP contribution in [0.4, 0.5) is 4.39 Å².